The van der Waals surface area contributed by atoms with Crippen molar-refractivity contribution in [2.45, 2.75) is 37.4 Å². The molecule has 0 bridgehead atoms. The number of hydrogen-bond donors (Lipinski definition) is 4. The van der Waals surface area contributed by atoms with E-state index in [1.807, 2.05) is 0 Å². The van der Waals surface area contributed by atoms with Crippen LogP contribution in [0.25, 0.3) is 0 Å². The van der Waals surface area contributed by atoms with Gasteiger partial charge in [0.25, 0.3) is 0 Å². The van der Waals surface area contributed by atoms with E-state index in [2.05, 4.69) is 39.9 Å². The molecule has 6 N–H and O–H groups in total. The lowest BCUT2D eigenvalue weighted by molar-refractivity contribution is 0.340. The number of aliphatic imine (C=N–C) groups is 1. The van der Waals surface area contributed by atoms with Crippen molar-refractivity contribution in [3.63, 3.8) is 0 Å². The van der Waals surface area contributed by atoms with Gasteiger partial charge in [-0.1, -0.05) is 12.1 Å². The van der Waals surface area contributed by atoms with E-state index in [4.69, 9.17) is 11.5 Å². The number of rotatable bonds is 3. The number of benzene rings is 1. The molecule has 0 amide bonds. The summed E-state index contributed by atoms with van der Waals surface area (Å²) in [5.74, 6) is 1.11. The first-order valence-electron chi connectivity index (χ1n) is 7.63. The molecule has 21 heavy (non-hydrogen) atoms. The molecule has 1 aliphatic heterocycles. The summed E-state index contributed by atoms with van der Waals surface area (Å²) >= 11 is 0. The van der Waals surface area contributed by atoms with Crippen LogP contribution < -0.4 is 22.1 Å². The van der Waals surface area contributed by atoms with Crippen LogP contribution in [0.5, 0.6) is 0 Å². The molecule has 2 fully saturated rings. The molecule has 1 atom stereocenters. The van der Waals surface area contributed by atoms with Crippen molar-refractivity contribution in [1.82, 2.24) is 5.32 Å². The molecule has 3 aliphatic rings. The molecular weight excluding hydrogens is 262 g/mol. The SMILES string of the molecule is NC1=CNC(N)(C2CC2)N=C1Nc1ccc(C2CC2)cc1. The minimum atomic E-state index is -0.709. The van der Waals surface area contributed by atoms with E-state index in [-0.39, 0.29) is 0 Å². The second-order valence-electron chi connectivity index (χ2n) is 6.33. The van der Waals surface area contributed by atoms with Crippen molar-refractivity contribution in [3.8, 4) is 0 Å². The molecular formula is C16H21N5. The Morgan fingerprint density at radius 3 is 2.48 bits per heavy atom. The van der Waals surface area contributed by atoms with Crippen molar-refractivity contribution in [2.24, 2.45) is 22.4 Å². The Morgan fingerprint density at radius 2 is 1.86 bits per heavy atom. The van der Waals surface area contributed by atoms with E-state index >= 15 is 0 Å². The predicted molar refractivity (Wildman–Crippen MR) is 84.5 cm³/mol. The summed E-state index contributed by atoms with van der Waals surface area (Å²) in [6, 6.07) is 8.53. The fourth-order valence-corrected chi connectivity index (χ4v) is 2.77. The van der Waals surface area contributed by atoms with E-state index in [9.17, 15) is 0 Å². The monoisotopic (exact) mass is 283 g/mol. The summed E-state index contributed by atoms with van der Waals surface area (Å²) in [4.78, 5) is 4.60. The molecule has 1 unspecified atom stereocenters. The molecule has 5 heteroatoms. The van der Waals surface area contributed by atoms with Crippen LogP contribution in [0.2, 0.25) is 0 Å². The zero-order valence-electron chi connectivity index (χ0n) is 12.0. The lowest BCUT2D eigenvalue weighted by Gasteiger charge is -2.31. The summed E-state index contributed by atoms with van der Waals surface area (Å²) < 4.78 is 0. The van der Waals surface area contributed by atoms with E-state index in [0.29, 0.717) is 17.5 Å². The quantitative estimate of drug-likeness (QED) is 0.681. The van der Waals surface area contributed by atoms with Gasteiger partial charge >= 0.3 is 0 Å². The average molecular weight is 283 g/mol. The molecule has 0 radical (unpaired) electrons. The zero-order chi connectivity index (χ0) is 14.4. The van der Waals surface area contributed by atoms with E-state index in [0.717, 1.165) is 24.4 Å². The average Bonchev–Trinajstić information content (AvgIpc) is 3.36. The molecule has 0 spiro atoms. The maximum Gasteiger partial charge on any atom is 0.187 e. The summed E-state index contributed by atoms with van der Waals surface area (Å²) in [5.41, 5.74) is 15.3. The third-order valence-electron chi connectivity index (χ3n) is 4.45. The number of nitrogens with two attached hydrogens (primary N) is 2. The zero-order valence-corrected chi connectivity index (χ0v) is 12.0. The fraction of sp³-hybridized carbons (Fsp3) is 0.438. The van der Waals surface area contributed by atoms with Gasteiger partial charge in [-0.25, -0.2) is 4.99 Å². The summed E-state index contributed by atoms with van der Waals surface area (Å²) in [6.07, 6.45) is 6.62. The van der Waals surface area contributed by atoms with E-state index in [1.54, 1.807) is 6.20 Å². The minimum absolute atomic E-state index is 0.399. The fourth-order valence-electron chi connectivity index (χ4n) is 2.77. The molecule has 2 aliphatic carbocycles. The molecule has 5 nitrogen and oxygen atoms in total. The van der Waals surface area contributed by atoms with Gasteiger partial charge in [-0.15, -0.1) is 0 Å². The molecule has 0 aromatic heterocycles. The first-order valence-corrected chi connectivity index (χ1v) is 7.63. The Bertz CT molecular complexity index is 610. The number of anilines is 1. The maximum atomic E-state index is 6.30. The van der Waals surface area contributed by atoms with Gasteiger partial charge in [-0.3, -0.25) is 5.73 Å². The smallest absolute Gasteiger partial charge is 0.187 e. The highest BCUT2D eigenvalue weighted by molar-refractivity contribution is 6.07. The minimum Gasteiger partial charge on any atom is -0.395 e. The molecule has 1 aromatic rings. The van der Waals surface area contributed by atoms with E-state index in [1.165, 1.54) is 18.4 Å². The van der Waals surface area contributed by atoms with Gasteiger partial charge in [0.05, 0.1) is 5.70 Å². The molecule has 2 saturated carbocycles. The maximum absolute atomic E-state index is 6.30. The second kappa shape index (κ2) is 4.49. The lowest BCUT2D eigenvalue weighted by atomic mass is 10.1. The predicted octanol–water partition coefficient (Wildman–Crippen LogP) is 1.80. The molecule has 1 aromatic carbocycles. The number of nitrogens with zero attached hydrogens (tertiary/aromatic N) is 1. The van der Waals surface area contributed by atoms with Crippen LogP contribution in [0.15, 0.2) is 41.2 Å². The molecule has 0 saturated heterocycles. The number of hydrogen-bond acceptors (Lipinski definition) is 5. The third-order valence-corrected chi connectivity index (χ3v) is 4.45. The second-order valence-corrected chi connectivity index (χ2v) is 6.33. The first-order chi connectivity index (χ1) is 10.1. The lowest BCUT2D eigenvalue weighted by Crippen LogP contribution is -2.55. The Hall–Kier alpha value is -2.01. The van der Waals surface area contributed by atoms with Crippen LogP contribution in [0, 0.1) is 5.92 Å². The highest BCUT2D eigenvalue weighted by atomic mass is 15.3. The summed E-state index contributed by atoms with van der Waals surface area (Å²) in [5, 5.41) is 6.41. The van der Waals surface area contributed by atoms with Crippen LogP contribution in [0.1, 0.15) is 37.2 Å². The van der Waals surface area contributed by atoms with Crippen molar-refractivity contribution < 1.29 is 0 Å². The van der Waals surface area contributed by atoms with Gasteiger partial charge in [0.2, 0.25) is 0 Å². The Morgan fingerprint density at radius 1 is 1.14 bits per heavy atom. The van der Waals surface area contributed by atoms with Crippen molar-refractivity contribution in [1.29, 1.82) is 0 Å². The van der Waals surface area contributed by atoms with Gasteiger partial charge < -0.3 is 16.4 Å². The van der Waals surface area contributed by atoms with Crippen LogP contribution in [-0.4, -0.2) is 11.6 Å². The van der Waals surface area contributed by atoms with E-state index < -0.39 is 5.79 Å². The standard InChI is InChI=1S/C16H21N5/c17-14-9-19-16(18,12-5-6-12)21-15(14)20-13-7-3-11(4-8-13)10-1-2-10/h3-4,7-10,12,19H,1-2,5-6,17-18H2,(H,20,21). The van der Waals surface area contributed by atoms with Gasteiger partial charge in [0, 0.05) is 17.8 Å². The van der Waals surface area contributed by atoms with Crippen LogP contribution in [-0.2, 0) is 0 Å². The van der Waals surface area contributed by atoms with Crippen molar-refractivity contribution >= 4 is 11.5 Å². The Balaban J connectivity index is 1.53. The van der Waals surface area contributed by atoms with Crippen molar-refractivity contribution in [3.05, 3.63) is 41.7 Å². The molecule has 110 valence electrons. The summed E-state index contributed by atoms with van der Waals surface area (Å²) in [7, 11) is 0. The van der Waals surface area contributed by atoms with Crippen molar-refractivity contribution in [2.75, 3.05) is 5.32 Å². The topological polar surface area (TPSA) is 88.5 Å². The van der Waals surface area contributed by atoms with Crippen LogP contribution in [0.3, 0.4) is 0 Å². The van der Waals surface area contributed by atoms with Gasteiger partial charge in [-0.2, -0.15) is 0 Å². The Labute approximate surface area is 124 Å². The highest BCUT2D eigenvalue weighted by Gasteiger charge is 2.43. The third kappa shape index (κ3) is 2.49. The molecule has 1 heterocycles. The number of nitrogens with one attached hydrogen (secondary N) is 2. The summed E-state index contributed by atoms with van der Waals surface area (Å²) in [6.45, 7) is 0. The molecule has 4 rings (SSSR count). The Kier molecular flexibility index (Phi) is 2.72. The normalized spacial score (nSPS) is 28.4. The number of amidine groups is 1. The van der Waals surface area contributed by atoms with Gasteiger partial charge in [-0.05, 0) is 49.3 Å². The van der Waals surface area contributed by atoms with Crippen LogP contribution in [0.4, 0.5) is 5.69 Å². The largest absolute Gasteiger partial charge is 0.395 e. The first kappa shape index (κ1) is 12.7. The highest BCUT2D eigenvalue weighted by Crippen LogP contribution is 2.40. The van der Waals surface area contributed by atoms with Crippen LogP contribution >= 0.6 is 0 Å². The van der Waals surface area contributed by atoms with Gasteiger partial charge in [0.1, 0.15) is 0 Å². The van der Waals surface area contributed by atoms with Gasteiger partial charge in [0.15, 0.2) is 11.6 Å².